The molecule has 0 atom stereocenters. The molecule has 1 saturated carbocycles. The van der Waals surface area contributed by atoms with Gasteiger partial charge in [-0.2, -0.15) is 5.10 Å². The quantitative estimate of drug-likeness (QED) is 0.310. The lowest BCUT2D eigenvalue weighted by Crippen LogP contribution is -2.35. The van der Waals surface area contributed by atoms with E-state index in [0.717, 1.165) is 46.3 Å². The Balaban J connectivity index is 1.32. The monoisotopic (exact) mass is 491 g/mol. The third-order valence-electron chi connectivity index (χ3n) is 7.62. The highest BCUT2D eigenvalue weighted by molar-refractivity contribution is 6.06. The number of para-hydroxylation sites is 1. The molecule has 8 heteroatoms. The number of aromatic nitrogens is 5. The fourth-order valence-corrected chi connectivity index (χ4v) is 5.53. The predicted octanol–water partition coefficient (Wildman–Crippen LogP) is 4.98. The van der Waals surface area contributed by atoms with Crippen molar-refractivity contribution in [3.05, 3.63) is 95.2 Å². The van der Waals surface area contributed by atoms with Crippen molar-refractivity contribution in [2.75, 3.05) is 12.8 Å². The van der Waals surface area contributed by atoms with Crippen molar-refractivity contribution in [2.45, 2.75) is 38.1 Å². The smallest absolute Gasteiger partial charge is 0.256 e. The van der Waals surface area contributed by atoms with Crippen LogP contribution in [0.2, 0.25) is 0 Å². The topological polar surface area (TPSA) is 117 Å². The number of nitrogens with zero attached hydrogens (tertiary/aromatic N) is 4. The molecule has 8 nitrogen and oxygen atoms in total. The maximum absolute atomic E-state index is 13.4. The van der Waals surface area contributed by atoms with Gasteiger partial charge in [0.1, 0.15) is 0 Å². The van der Waals surface area contributed by atoms with E-state index in [2.05, 4.69) is 61.7 Å². The van der Waals surface area contributed by atoms with Gasteiger partial charge in [-0.05, 0) is 48.6 Å². The Labute approximate surface area is 215 Å². The summed E-state index contributed by atoms with van der Waals surface area (Å²) in [6, 6.07) is 16.6. The Hall–Kier alpha value is -4.46. The number of benzene rings is 2. The molecule has 1 aliphatic rings. The number of hydrogen-bond acceptors (Lipinski definition) is 5. The summed E-state index contributed by atoms with van der Waals surface area (Å²) >= 11 is 0. The van der Waals surface area contributed by atoms with Crippen LogP contribution in [0, 0.1) is 6.92 Å². The Kier molecular flexibility index (Phi) is 5.52. The molecule has 4 N–H and O–H groups in total. The van der Waals surface area contributed by atoms with Gasteiger partial charge in [0.15, 0.2) is 0 Å². The molecule has 0 saturated heterocycles. The average Bonchev–Trinajstić information content (AvgIpc) is 3.50. The molecule has 1 fully saturated rings. The van der Waals surface area contributed by atoms with Crippen LogP contribution in [-0.4, -0.2) is 43.0 Å². The van der Waals surface area contributed by atoms with E-state index in [1.807, 2.05) is 32.2 Å². The lowest BCUT2D eigenvalue weighted by molar-refractivity contribution is 0.0785. The number of H-pyrrole nitrogens is 2. The van der Waals surface area contributed by atoms with Crippen molar-refractivity contribution in [1.29, 1.82) is 0 Å². The van der Waals surface area contributed by atoms with Crippen LogP contribution in [0.15, 0.2) is 67.1 Å². The highest BCUT2D eigenvalue weighted by Crippen LogP contribution is 2.51. The number of fused-ring (bicyclic) bond motifs is 1. The second-order valence-electron chi connectivity index (χ2n) is 9.97. The molecule has 5 aromatic rings. The van der Waals surface area contributed by atoms with Gasteiger partial charge in [0.05, 0.1) is 29.0 Å². The Morgan fingerprint density at radius 2 is 1.84 bits per heavy atom. The van der Waals surface area contributed by atoms with Crippen LogP contribution in [0.1, 0.15) is 52.1 Å². The molecule has 0 bridgehead atoms. The van der Waals surface area contributed by atoms with Crippen LogP contribution in [0.4, 0.5) is 5.95 Å². The van der Waals surface area contributed by atoms with E-state index in [-0.39, 0.29) is 17.3 Å². The van der Waals surface area contributed by atoms with Gasteiger partial charge in [-0.1, -0.05) is 42.8 Å². The van der Waals surface area contributed by atoms with E-state index in [4.69, 9.17) is 5.73 Å². The number of nitrogen functional groups attached to an aromatic ring is 1. The lowest BCUT2D eigenvalue weighted by atomic mass is 9.60. The number of anilines is 1. The van der Waals surface area contributed by atoms with E-state index in [9.17, 15) is 4.79 Å². The molecule has 0 aliphatic heterocycles. The first-order valence-corrected chi connectivity index (χ1v) is 12.5. The summed E-state index contributed by atoms with van der Waals surface area (Å²) in [6.45, 7) is 2.40. The van der Waals surface area contributed by atoms with E-state index in [0.29, 0.717) is 12.1 Å². The normalized spacial score (nSPS) is 14.4. The minimum absolute atomic E-state index is 0.0241. The highest BCUT2D eigenvalue weighted by atomic mass is 16.2. The van der Waals surface area contributed by atoms with Gasteiger partial charge in [-0.3, -0.25) is 9.89 Å². The number of nitrogens with two attached hydrogens (primary N) is 1. The van der Waals surface area contributed by atoms with Gasteiger partial charge < -0.3 is 15.6 Å². The van der Waals surface area contributed by atoms with E-state index in [1.54, 1.807) is 17.3 Å². The van der Waals surface area contributed by atoms with Gasteiger partial charge in [0.2, 0.25) is 5.95 Å². The van der Waals surface area contributed by atoms with E-state index >= 15 is 0 Å². The number of carbonyl (C=O) groups is 1. The summed E-state index contributed by atoms with van der Waals surface area (Å²) in [6.07, 6.45) is 8.91. The summed E-state index contributed by atoms with van der Waals surface area (Å²) in [5.41, 5.74) is 13.5. The zero-order chi connectivity index (χ0) is 25.6. The van der Waals surface area contributed by atoms with Crippen molar-refractivity contribution in [3.63, 3.8) is 0 Å². The van der Waals surface area contributed by atoms with Gasteiger partial charge >= 0.3 is 0 Å². The molecule has 37 heavy (non-hydrogen) atoms. The molecule has 1 aliphatic carbocycles. The van der Waals surface area contributed by atoms with Crippen LogP contribution < -0.4 is 5.73 Å². The van der Waals surface area contributed by atoms with Crippen LogP contribution in [0.25, 0.3) is 22.0 Å². The van der Waals surface area contributed by atoms with Crippen LogP contribution in [0.3, 0.4) is 0 Å². The zero-order valence-corrected chi connectivity index (χ0v) is 21.0. The van der Waals surface area contributed by atoms with Crippen LogP contribution in [-0.2, 0) is 12.0 Å². The van der Waals surface area contributed by atoms with Gasteiger partial charge in [-0.25, -0.2) is 9.97 Å². The molecule has 186 valence electrons. The first-order valence-electron chi connectivity index (χ1n) is 12.5. The van der Waals surface area contributed by atoms with Crippen LogP contribution >= 0.6 is 0 Å². The van der Waals surface area contributed by atoms with E-state index < -0.39 is 0 Å². The SMILES string of the molecule is Cc1cc(CN(C)C(=O)c2cccc3c(C4(c5ccc(-c6cnc(N)nc6)cc5)CCC4)c[nH]c23)[nH]n1. The van der Waals surface area contributed by atoms with Gasteiger partial charge in [0, 0.05) is 42.0 Å². The number of aromatic amines is 2. The summed E-state index contributed by atoms with van der Waals surface area (Å²) in [5, 5.41) is 8.27. The van der Waals surface area contributed by atoms with Crippen molar-refractivity contribution in [1.82, 2.24) is 30.0 Å². The van der Waals surface area contributed by atoms with Gasteiger partial charge in [-0.15, -0.1) is 0 Å². The maximum atomic E-state index is 13.4. The number of hydrogen-bond donors (Lipinski definition) is 3. The van der Waals surface area contributed by atoms with Crippen molar-refractivity contribution < 1.29 is 4.79 Å². The number of rotatable bonds is 6. The van der Waals surface area contributed by atoms with E-state index in [1.165, 1.54) is 17.5 Å². The summed E-state index contributed by atoms with van der Waals surface area (Å²) in [4.78, 5) is 26.8. The second kappa shape index (κ2) is 8.89. The molecule has 0 spiro atoms. The van der Waals surface area contributed by atoms with Crippen molar-refractivity contribution in [3.8, 4) is 11.1 Å². The van der Waals surface area contributed by atoms with Gasteiger partial charge in [0.25, 0.3) is 5.91 Å². The molecule has 1 amide bonds. The second-order valence-corrected chi connectivity index (χ2v) is 9.97. The molecule has 0 unspecified atom stereocenters. The summed E-state index contributed by atoms with van der Waals surface area (Å²) < 4.78 is 0. The average molecular weight is 492 g/mol. The first-order chi connectivity index (χ1) is 17.9. The Morgan fingerprint density at radius 3 is 2.49 bits per heavy atom. The number of nitrogens with one attached hydrogen (secondary N) is 2. The molecule has 0 radical (unpaired) electrons. The lowest BCUT2D eigenvalue weighted by Gasteiger charge is -2.43. The third-order valence-corrected chi connectivity index (χ3v) is 7.62. The van der Waals surface area contributed by atoms with Crippen molar-refractivity contribution in [2.24, 2.45) is 0 Å². The maximum Gasteiger partial charge on any atom is 0.256 e. The third kappa shape index (κ3) is 3.94. The number of amides is 1. The summed E-state index contributed by atoms with van der Waals surface area (Å²) in [5.74, 6) is 0.248. The number of carbonyl (C=O) groups excluding carboxylic acids is 1. The Bertz CT molecular complexity index is 1580. The minimum Gasteiger partial charge on any atom is -0.368 e. The van der Waals surface area contributed by atoms with Crippen LogP contribution in [0.5, 0.6) is 0 Å². The highest BCUT2D eigenvalue weighted by Gasteiger charge is 2.42. The fourth-order valence-electron chi connectivity index (χ4n) is 5.53. The minimum atomic E-state index is -0.0740. The molecule has 3 aromatic heterocycles. The molecule has 2 aromatic carbocycles. The fraction of sp³-hybridized carbons (Fsp3) is 0.241. The number of aryl methyl sites for hydroxylation is 1. The predicted molar refractivity (Wildman–Crippen MR) is 144 cm³/mol. The Morgan fingerprint density at radius 1 is 1.08 bits per heavy atom. The zero-order valence-electron chi connectivity index (χ0n) is 21.0. The molecule has 6 rings (SSSR count). The first kappa shape index (κ1) is 23.0. The molecular formula is C29H29N7O. The largest absolute Gasteiger partial charge is 0.368 e. The standard InChI is InChI=1S/C29H29N7O/c1-18-13-22(35-34-18)17-36(2)27(37)24-6-3-5-23-25(16-31-26(23)24)29(11-4-12-29)21-9-7-19(8-10-21)20-14-32-28(30)33-15-20/h3,5-10,13-16,31H,4,11-12,17H2,1-2H3,(H,34,35)(H2,30,32,33). The molecule has 3 heterocycles. The van der Waals surface area contributed by atoms with Crippen molar-refractivity contribution >= 4 is 22.8 Å². The molecular weight excluding hydrogens is 462 g/mol. The summed E-state index contributed by atoms with van der Waals surface area (Å²) in [7, 11) is 1.82.